The van der Waals surface area contributed by atoms with Crippen LogP contribution >= 0.6 is 0 Å². The van der Waals surface area contributed by atoms with Crippen LogP contribution in [0.15, 0.2) is 18.2 Å². The summed E-state index contributed by atoms with van der Waals surface area (Å²) in [6.07, 6.45) is -3.65. The first-order chi connectivity index (χ1) is 8.96. The van der Waals surface area contributed by atoms with Crippen molar-refractivity contribution in [2.24, 2.45) is 0 Å². The van der Waals surface area contributed by atoms with Gasteiger partial charge in [-0.1, -0.05) is 12.1 Å². The van der Waals surface area contributed by atoms with Crippen LogP contribution in [0.2, 0.25) is 0 Å². The topological polar surface area (TPSA) is 38.5 Å². The Labute approximate surface area is 110 Å². The first-order valence-corrected chi connectivity index (χ1v) is 6.19. The van der Waals surface area contributed by atoms with Crippen LogP contribution < -0.4 is 5.73 Å². The van der Waals surface area contributed by atoms with E-state index in [4.69, 9.17) is 5.73 Å². The molecule has 2 rings (SSSR count). The van der Waals surface area contributed by atoms with Gasteiger partial charge in [-0.25, -0.2) is 0 Å². The molecule has 0 aromatic heterocycles. The molecule has 3 nitrogen and oxygen atoms in total. The predicted octanol–water partition coefficient (Wildman–Crippen LogP) is 2.55. The van der Waals surface area contributed by atoms with Gasteiger partial charge in [0.25, 0.3) is 0 Å². The maximum atomic E-state index is 11.9. The molecule has 0 unspecified atom stereocenters. The summed E-state index contributed by atoms with van der Waals surface area (Å²) in [6, 6.07) is 5.82. The predicted molar refractivity (Wildman–Crippen MR) is 66.5 cm³/mol. The van der Waals surface area contributed by atoms with Crippen LogP contribution in [0.25, 0.3) is 0 Å². The molecule has 19 heavy (non-hydrogen) atoms. The Morgan fingerprint density at radius 2 is 2.05 bits per heavy atom. The van der Waals surface area contributed by atoms with E-state index in [2.05, 4.69) is 9.64 Å². The number of rotatable bonds is 5. The summed E-state index contributed by atoms with van der Waals surface area (Å²) in [6.45, 7) is 1.24. The largest absolute Gasteiger partial charge is 0.411 e. The first kappa shape index (κ1) is 14.1. The maximum Gasteiger partial charge on any atom is 0.411 e. The number of anilines is 1. The lowest BCUT2D eigenvalue weighted by molar-refractivity contribution is -0.174. The number of alkyl halides is 3. The van der Waals surface area contributed by atoms with E-state index in [0.29, 0.717) is 13.0 Å². The molecule has 0 amide bonds. The van der Waals surface area contributed by atoms with Crippen molar-refractivity contribution in [3.8, 4) is 0 Å². The van der Waals surface area contributed by atoms with Crippen LogP contribution in [-0.4, -0.2) is 30.8 Å². The number of benzene rings is 1. The average molecular weight is 274 g/mol. The Kier molecular flexibility index (Phi) is 4.31. The molecule has 0 spiro atoms. The van der Waals surface area contributed by atoms with E-state index in [0.717, 1.165) is 24.3 Å². The normalized spacial score (nSPS) is 15.7. The molecule has 1 aromatic rings. The second-order valence-electron chi connectivity index (χ2n) is 4.72. The minimum absolute atomic E-state index is 0.127. The van der Waals surface area contributed by atoms with Crippen molar-refractivity contribution < 1.29 is 17.9 Å². The average Bonchev–Trinajstić information content (AvgIpc) is 2.71. The number of nitrogens with zero attached hydrogens (tertiary/aromatic N) is 1. The molecule has 0 bridgehead atoms. The third-order valence-electron chi connectivity index (χ3n) is 3.11. The van der Waals surface area contributed by atoms with Crippen LogP contribution in [-0.2, 0) is 17.8 Å². The van der Waals surface area contributed by atoms with Gasteiger partial charge in [0.05, 0.1) is 0 Å². The Bertz CT molecular complexity index is 434. The number of nitrogen functional groups attached to an aromatic ring is 1. The standard InChI is InChI=1S/C13H17F3N2O/c14-13(15,16)9-19-6-2-5-18-7-10-3-1-4-12(17)11(10)8-18/h1,3-4H,2,5-9,17H2. The highest BCUT2D eigenvalue weighted by Gasteiger charge is 2.27. The van der Waals surface area contributed by atoms with Gasteiger partial charge < -0.3 is 10.5 Å². The van der Waals surface area contributed by atoms with Crippen molar-refractivity contribution in [1.29, 1.82) is 0 Å². The fraction of sp³-hybridized carbons (Fsp3) is 0.538. The highest BCUT2D eigenvalue weighted by molar-refractivity contribution is 5.52. The summed E-state index contributed by atoms with van der Waals surface area (Å²) in [7, 11) is 0. The molecule has 6 heteroatoms. The summed E-state index contributed by atoms with van der Waals surface area (Å²) in [5, 5.41) is 0. The molecule has 1 aliphatic rings. The fourth-order valence-electron chi connectivity index (χ4n) is 2.25. The fourth-order valence-corrected chi connectivity index (χ4v) is 2.25. The maximum absolute atomic E-state index is 11.9. The summed E-state index contributed by atoms with van der Waals surface area (Å²) in [5.41, 5.74) is 9.01. The van der Waals surface area contributed by atoms with E-state index in [-0.39, 0.29) is 6.61 Å². The first-order valence-electron chi connectivity index (χ1n) is 6.19. The van der Waals surface area contributed by atoms with E-state index in [9.17, 15) is 13.2 Å². The highest BCUT2D eigenvalue weighted by Crippen LogP contribution is 2.27. The van der Waals surface area contributed by atoms with Gasteiger partial charge in [0.2, 0.25) is 0 Å². The number of nitrogens with two attached hydrogens (primary N) is 1. The van der Waals surface area contributed by atoms with E-state index in [1.54, 1.807) is 0 Å². The highest BCUT2D eigenvalue weighted by atomic mass is 19.4. The van der Waals surface area contributed by atoms with Gasteiger partial charge in [-0.05, 0) is 23.6 Å². The summed E-state index contributed by atoms with van der Waals surface area (Å²) in [4.78, 5) is 2.16. The van der Waals surface area contributed by atoms with Crippen LogP contribution in [0.5, 0.6) is 0 Å². The van der Waals surface area contributed by atoms with Crippen LogP contribution in [0.4, 0.5) is 18.9 Å². The molecule has 106 valence electrons. The third-order valence-corrected chi connectivity index (χ3v) is 3.11. The SMILES string of the molecule is Nc1cccc2c1CN(CCCOCC(F)(F)F)C2. The molecule has 0 saturated heterocycles. The molecular weight excluding hydrogens is 257 g/mol. The molecule has 1 aromatic carbocycles. The van der Waals surface area contributed by atoms with Gasteiger partial charge in [0.15, 0.2) is 0 Å². The van der Waals surface area contributed by atoms with E-state index in [1.165, 1.54) is 5.56 Å². The van der Waals surface area contributed by atoms with Gasteiger partial charge in [-0.3, -0.25) is 4.90 Å². The minimum atomic E-state index is -4.24. The van der Waals surface area contributed by atoms with Crippen molar-refractivity contribution >= 4 is 5.69 Å². The monoisotopic (exact) mass is 274 g/mol. The smallest absolute Gasteiger partial charge is 0.398 e. The van der Waals surface area contributed by atoms with E-state index >= 15 is 0 Å². The summed E-state index contributed by atoms with van der Waals surface area (Å²) in [5.74, 6) is 0. The molecule has 0 saturated carbocycles. The van der Waals surface area contributed by atoms with Crippen molar-refractivity contribution in [2.45, 2.75) is 25.7 Å². The van der Waals surface area contributed by atoms with Gasteiger partial charge in [0.1, 0.15) is 6.61 Å². The molecule has 0 fully saturated rings. The quantitative estimate of drug-likeness (QED) is 0.662. The molecule has 0 aliphatic carbocycles. The van der Waals surface area contributed by atoms with Gasteiger partial charge >= 0.3 is 6.18 Å². The zero-order valence-electron chi connectivity index (χ0n) is 10.5. The number of fused-ring (bicyclic) bond motifs is 1. The number of halogens is 3. The minimum Gasteiger partial charge on any atom is -0.398 e. The molecular formula is C13H17F3N2O. The number of hydrogen-bond acceptors (Lipinski definition) is 3. The van der Waals surface area contributed by atoms with Crippen molar-refractivity contribution in [2.75, 3.05) is 25.5 Å². The molecule has 0 atom stereocenters. The van der Waals surface area contributed by atoms with Crippen LogP contribution in [0, 0.1) is 0 Å². The second kappa shape index (κ2) is 5.79. The lowest BCUT2D eigenvalue weighted by atomic mass is 10.1. The molecule has 1 aliphatic heterocycles. The van der Waals surface area contributed by atoms with Crippen LogP contribution in [0.1, 0.15) is 17.5 Å². The Balaban J connectivity index is 1.69. The zero-order chi connectivity index (χ0) is 13.9. The van der Waals surface area contributed by atoms with Gasteiger partial charge in [0, 0.05) is 31.9 Å². The summed E-state index contributed by atoms with van der Waals surface area (Å²) < 4.78 is 40.2. The Morgan fingerprint density at radius 1 is 1.26 bits per heavy atom. The zero-order valence-corrected chi connectivity index (χ0v) is 10.5. The lowest BCUT2D eigenvalue weighted by Crippen LogP contribution is -2.21. The number of hydrogen-bond donors (Lipinski definition) is 1. The van der Waals surface area contributed by atoms with Crippen molar-refractivity contribution in [3.05, 3.63) is 29.3 Å². The van der Waals surface area contributed by atoms with E-state index < -0.39 is 12.8 Å². The second-order valence-corrected chi connectivity index (χ2v) is 4.72. The van der Waals surface area contributed by atoms with Crippen LogP contribution in [0.3, 0.4) is 0 Å². The van der Waals surface area contributed by atoms with Gasteiger partial charge in [-0.2, -0.15) is 13.2 Å². The summed E-state index contributed by atoms with van der Waals surface area (Å²) >= 11 is 0. The molecule has 1 heterocycles. The molecule has 2 N–H and O–H groups in total. The third kappa shape index (κ3) is 4.11. The van der Waals surface area contributed by atoms with E-state index in [1.807, 2.05) is 18.2 Å². The Hall–Kier alpha value is -1.27. The molecule has 0 radical (unpaired) electrons. The van der Waals surface area contributed by atoms with Crippen molar-refractivity contribution in [3.63, 3.8) is 0 Å². The van der Waals surface area contributed by atoms with Gasteiger partial charge in [-0.15, -0.1) is 0 Å². The van der Waals surface area contributed by atoms with Crippen molar-refractivity contribution in [1.82, 2.24) is 4.90 Å². The number of ether oxygens (including phenoxy) is 1. The lowest BCUT2D eigenvalue weighted by Gasteiger charge is -2.15. The Morgan fingerprint density at radius 3 is 2.74 bits per heavy atom.